The van der Waals surface area contributed by atoms with E-state index in [9.17, 15) is 0 Å². The second-order valence-electron chi connectivity index (χ2n) is 4.00. The molecular weight excluding hydrogens is 198 g/mol. The maximum Gasteiger partial charge on any atom is 0.110 e. The summed E-state index contributed by atoms with van der Waals surface area (Å²) in [4.78, 5) is 4.29. The molecule has 0 saturated carbocycles. The van der Waals surface area contributed by atoms with Gasteiger partial charge in [0.2, 0.25) is 0 Å². The van der Waals surface area contributed by atoms with Crippen LogP contribution in [0, 0.1) is 6.92 Å². The van der Waals surface area contributed by atoms with Crippen LogP contribution < -0.4 is 5.32 Å². The predicted molar refractivity (Wildman–Crippen MR) is 66.6 cm³/mol. The van der Waals surface area contributed by atoms with Crippen molar-refractivity contribution in [3.05, 3.63) is 48.0 Å². The van der Waals surface area contributed by atoms with Crippen LogP contribution in [0.5, 0.6) is 0 Å². The van der Waals surface area contributed by atoms with E-state index in [1.54, 1.807) is 0 Å². The summed E-state index contributed by atoms with van der Waals surface area (Å²) >= 11 is 0. The van der Waals surface area contributed by atoms with Crippen molar-refractivity contribution >= 4 is 5.69 Å². The fourth-order valence-corrected chi connectivity index (χ4v) is 1.71. The van der Waals surface area contributed by atoms with Crippen molar-refractivity contribution in [2.24, 2.45) is 7.05 Å². The van der Waals surface area contributed by atoms with Crippen molar-refractivity contribution in [1.29, 1.82) is 0 Å². The lowest BCUT2D eigenvalue weighted by molar-refractivity contribution is 0.789. The number of rotatable bonds is 4. The summed E-state index contributed by atoms with van der Waals surface area (Å²) in [6, 6.07) is 8.41. The van der Waals surface area contributed by atoms with Crippen molar-refractivity contribution in [3.63, 3.8) is 0 Å². The Kier molecular flexibility index (Phi) is 3.25. The van der Waals surface area contributed by atoms with Gasteiger partial charge in [-0.3, -0.25) is 0 Å². The molecule has 0 spiro atoms. The van der Waals surface area contributed by atoms with Gasteiger partial charge in [-0.1, -0.05) is 12.1 Å². The van der Waals surface area contributed by atoms with Crippen LogP contribution in [-0.4, -0.2) is 16.1 Å². The Balaban J connectivity index is 1.87. The van der Waals surface area contributed by atoms with Gasteiger partial charge in [-0.15, -0.1) is 0 Å². The molecule has 0 atom stereocenters. The summed E-state index contributed by atoms with van der Waals surface area (Å²) < 4.78 is 2.05. The molecule has 0 fully saturated rings. The van der Waals surface area contributed by atoms with Crippen LogP contribution in [0.2, 0.25) is 0 Å². The fraction of sp³-hybridized carbons (Fsp3) is 0.308. The van der Waals surface area contributed by atoms with Crippen molar-refractivity contribution < 1.29 is 0 Å². The number of hydrogen-bond acceptors (Lipinski definition) is 2. The van der Waals surface area contributed by atoms with Gasteiger partial charge in [0, 0.05) is 38.1 Å². The Hall–Kier alpha value is -1.77. The van der Waals surface area contributed by atoms with Crippen molar-refractivity contribution in [3.8, 4) is 0 Å². The number of benzene rings is 1. The Bertz CT molecular complexity index is 460. The smallest absolute Gasteiger partial charge is 0.110 e. The molecule has 0 aliphatic heterocycles. The van der Waals surface area contributed by atoms with E-state index in [0.29, 0.717) is 0 Å². The zero-order chi connectivity index (χ0) is 11.4. The van der Waals surface area contributed by atoms with Gasteiger partial charge < -0.3 is 9.88 Å². The summed E-state index contributed by atoms with van der Waals surface area (Å²) in [5.74, 6) is 1.11. The quantitative estimate of drug-likeness (QED) is 0.848. The largest absolute Gasteiger partial charge is 0.385 e. The van der Waals surface area contributed by atoms with E-state index >= 15 is 0 Å². The zero-order valence-corrected chi connectivity index (χ0v) is 9.77. The number of nitrogens with one attached hydrogen (secondary N) is 1. The number of anilines is 1. The molecule has 16 heavy (non-hydrogen) atoms. The first-order valence-corrected chi connectivity index (χ1v) is 5.52. The van der Waals surface area contributed by atoms with E-state index in [2.05, 4.69) is 46.1 Å². The van der Waals surface area contributed by atoms with Crippen LogP contribution in [0.4, 0.5) is 5.69 Å². The van der Waals surface area contributed by atoms with Gasteiger partial charge in [0.05, 0.1) is 0 Å². The molecule has 0 bridgehead atoms. The molecule has 3 nitrogen and oxygen atoms in total. The van der Waals surface area contributed by atoms with Gasteiger partial charge in [-0.05, 0) is 24.6 Å². The number of nitrogens with zero attached hydrogens (tertiary/aromatic N) is 2. The van der Waals surface area contributed by atoms with Crippen LogP contribution in [0.3, 0.4) is 0 Å². The molecule has 1 N–H and O–H groups in total. The van der Waals surface area contributed by atoms with Gasteiger partial charge >= 0.3 is 0 Å². The minimum atomic E-state index is 0.911. The van der Waals surface area contributed by atoms with Crippen molar-refractivity contribution in [2.45, 2.75) is 13.3 Å². The molecule has 84 valence electrons. The van der Waals surface area contributed by atoms with Gasteiger partial charge in [0.25, 0.3) is 0 Å². The van der Waals surface area contributed by atoms with Crippen molar-refractivity contribution in [2.75, 3.05) is 11.9 Å². The Labute approximate surface area is 96.1 Å². The first-order chi connectivity index (χ1) is 7.75. The third-order valence-electron chi connectivity index (χ3n) is 2.62. The summed E-state index contributed by atoms with van der Waals surface area (Å²) in [5, 5.41) is 3.40. The van der Waals surface area contributed by atoms with E-state index < -0.39 is 0 Å². The number of hydrogen-bond donors (Lipinski definition) is 1. The van der Waals surface area contributed by atoms with Gasteiger partial charge in [-0.25, -0.2) is 4.98 Å². The highest BCUT2D eigenvalue weighted by Crippen LogP contribution is 2.09. The SMILES string of the molecule is Cc1cccc(NCCc2nccn2C)c1. The third-order valence-corrected chi connectivity index (χ3v) is 2.62. The molecule has 1 aromatic carbocycles. The summed E-state index contributed by atoms with van der Waals surface area (Å²) in [6.45, 7) is 3.01. The molecule has 0 aliphatic carbocycles. The first-order valence-electron chi connectivity index (χ1n) is 5.52. The zero-order valence-electron chi connectivity index (χ0n) is 9.77. The van der Waals surface area contributed by atoms with Crippen molar-refractivity contribution in [1.82, 2.24) is 9.55 Å². The minimum Gasteiger partial charge on any atom is -0.385 e. The lowest BCUT2D eigenvalue weighted by Crippen LogP contribution is -2.08. The number of aryl methyl sites for hydroxylation is 2. The highest BCUT2D eigenvalue weighted by atomic mass is 15.0. The van der Waals surface area contributed by atoms with E-state index in [4.69, 9.17) is 0 Å². The number of imidazole rings is 1. The molecule has 0 aliphatic rings. The van der Waals surface area contributed by atoms with Crippen LogP contribution in [0.25, 0.3) is 0 Å². The second-order valence-corrected chi connectivity index (χ2v) is 4.00. The number of aromatic nitrogens is 2. The van der Waals surface area contributed by atoms with E-state index in [-0.39, 0.29) is 0 Å². The maximum atomic E-state index is 4.29. The topological polar surface area (TPSA) is 29.9 Å². The van der Waals surface area contributed by atoms with E-state index in [1.165, 1.54) is 11.3 Å². The highest BCUT2D eigenvalue weighted by Gasteiger charge is 1.98. The van der Waals surface area contributed by atoms with Crippen LogP contribution in [0.1, 0.15) is 11.4 Å². The second kappa shape index (κ2) is 4.84. The molecule has 0 unspecified atom stereocenters. The molecule has 3 heteroatoms. The lowest BCUT2D eigenvalue weighted by Gasteiger charge is -2.07. The molecule has 1 heterocycles. The first kappa shape index (κ1) is 10.7. The fourth-order valence-electron chi connectivity index (χ4n) is 1.71. The highest BCUT2D eigenvalue weighted by molar-refractivity contribution is 5.45. The monoisotopic (exact) mass is 215 g/mol. The molecule has 2 aromatic rings. The van der Waals surface area contributed by atoms with E-state index in [1.807, 2.05) is 19.4 Å². The standard InChI is InChI=1S/C13H17N3/c1-11-4-3-5-12(10-11)14-7-6-13-15-8-9-16(13)2/h3-5,8-10,14H,6-7H2,1-2H3. The minimum absolute atomic E-state index is 0.911. The predicted octanol–water partition coefficient (Wildman–Crippen LogP) is 2.38. The molecular formula is C13H17N3. The summed E-state index contributed by atoms with van der Waals surface area (Å²) in [6.07, 6.45) is 4.75. The Morgan fingerprint density at radius 2 is 2.25 bits per heavy atom. The van der Waals surface area contributed by atoms with Gasteiger partial charge in [0.1, 0.15) is 5.82 Å². The average molecular weight is 215 g/mol. The molecule has 0 amide bonds. The van der Waals surface area contributed by atoms with Crippen LogP contribution in [0.15, 0.2) is 36.7 Å². The van der Waals surface area contributed by atoms with Gasteiger partial charge in [-0.2, -0.15) is 0 Å². The normalized spacial score (nSPS) is 10.4. The molecule has 1 aromatic heterocycles. The molecule has 0 saturated heterocycles. The van der Waals surface area contributed by atoms with Crippen LogP contribution >= 0.6 is 0 Å². The third kappa shape index (κ3) is 2.63. The summed E-state index contributed by atoms with van der Waals surface area (Å²) in [5.41, 5.74) is 2.45. The molecule has 2 rings (SSSR count). The average Bonchev–Trinajstić information content (AvgIpc) is 2.65. The summed E-state index contributed by atoms with van der Waals surface area (Å²) in [7, 11) is 2.02. The Morgan fingerprint density at radius 3 is 2.94 bits per heavy atom. The van der Waals surface area contributed by atoms with Crippen LogP contribution in [-0.2, 0) is 13.5 Å². The maximum absolute atomic E-state index is 4.29. The molecule has 0 radical (unpaired) electrons. The lowest BCUT2D eigenvalue weighted by atomic mass is 10.2. The van der Waals surface area contributed by atoms with Gasteiger partial charge in [0.15, 0.2) is 0 Å². The Morgan fingerprint density at radius 1 is 1.38 bits per heavy atom. The van der Waals surface area contributed by atoms with E-state index in [0.717, 1.165) is 18.8 Å².